The van der Waals surface area contributed by atoms with Crippen molar-refractivity contribution < 1.29 is 12.8 Å². The maximum Gasteiger partial charge on any atom is 0.215 e. The molecule has 1 unspecified atom stereocenters. The highest BCUT2D eigenvalue weighted by Crippen LogP contribution is 2.25. The van der Waals surface area contributed by atoms with Crippen LogP contribution in [0.5, 0.6) is 0 Å². The second kappa shape index (κ2) is 3.84. The Bertz CT molecular complexity index is 447. The zero-order valence-corrected chi connectivity index (χ0v) is 8.94. The summed E-state index contributed by atoms with van der Waals surface area (Å²) in [4.78, 5) is 0. The molecule has 0 saturated carbocycles. The second-order valence-electron chi connectivity index (χ2n) is 2.90. The van der Waals surface area contributed by atoms with Gasteiger partial charge in [-0.1, -0.05) is 11.6 Å². The van der Waals surface area contributed by atoms with E-state index in [0.29, 0.717) is 0 Å². The Morgan fingerprint density at radius 3 is 2.57 bits per heavy atom. The zero-order chi connectivity index (χ0) is 10.9. The first kappa shape index (κ1) is 11.4. The minimum atomic E-state index is -3.79. The SMILES string of the molecule is CC(c1cc(Cl)ccc1F)S(N)(=O)=O. The molecule has 1 atom stereocenters. The Hall–Kier alpha value is -0.650. The van der Waals surface area contributed by atoms with Gasteiger partial charge >= 0.3 is 0 Å². The van der Waals surface area contributed by atoms with E-state index in [1.807, 2.05) is 0 Å². The van der Waals surface area contributed by atoms with E-state index in [-0.39, 0.29) is 10.6 Å². The first-order chi connectivity index (χ1) is 6.32. The topological polar surface area (TPSA) is 60.2 Å². The summed E-state index contributed by atoms with van der Waals surface area (Å²) < 4.78 is 35.1. The average molecular weight is 238 g/mol. The standard InChI is InChI=1S/C8H9ClFNO2S/c1-5(14(11,12)13)7-4-6(9)2-3-8(7)10/h2-5H,1H3,(H2,11,12,13). The molecule has 0 aliphatic carbocycles. The summed E-state index contributed by atoms with van der Waals surface area (Å²) in [6.45, 7) is 1.31. The summed E-state index contributed by atoms with van der Waals surface area (Å²) in [5.74, 6) is -0.629. The van der Waals surface area contributed by atoms with E-state index in [2.05, 4.69) is 0 Å². The van der Waals surface area contributed by atoms with E-state index >= 15 is 0 Å². The van der Waals surface area contributed by atoms with E-state index < -0.39 is 21.1 Å². The number of sulfonamides is 1. The maximum atomic E-state index is 13.2. The zero-order valence-electron chi connectivity index (χ0n) is 7.37. The number of hydrogen-bond acceptors (Lipinski definition) is 2. The monoisotopic (exact) mass is 237 g/mol. The molecule has 0 amide bonds. The highest BCUT2D eigenvalue weighted by Gasteiger charge is 2.21. The second-order valence-corrected chi connectivity index (χ2v) is 5.22. The predicted octanol–water partition coefficient (Wildman–Crippen LogP) is 1.83. The highest BCUT2D eigenvalue weighted by molar-refractivity contribution is 7.89. The molecule has 0 bridgehead atoms. The molecule has 0 aromatic heterocycles. The van der Waals surface area contributed by atoms with Crippen LogP contribution in [0, 0.1) is 5.82 Å². The lowest BCUT2D eigenvalue weighted by molar-refractivity contribution is 0.575. The largest absolute Gasteiger partial charge is 0.228 e. The predicted molar refractivity (Wildman–Crippen MR) is 52.9 cm³/mol. The van der Waals surface area contributed by atoms with Crippen LogP contribution in [0.1, 0.15) is 17.7 Å². The van der Waals surface area contributed by atoms with Gasteiger partial charge in [-0.2, -0.15) is 0 Å². The molecular weight excluding hydrogens is 229 g/mol. The quantitative estimate of drug-likeness (QED) is 0.853. The van der Waals surface area contributed by atoms with Crippen LogP contribution in [-0.4, -0.2) is 8.42 Å². The van der Waals surface area contributed by atoms with Crippen LogP contribution < -0.4 is 5.14 Å². The fourth-order valence-electron chi connectivity index (χ4n) is 1.00. The van der Waals surface area contributed by atoms with Gasteiger partial charge in [0.15, 0.2) is 0 Å². The summed E-state index contributed by atoms with van der Waals surface area (Å²) in [6.07, 6.45) is 0. The van der Waals surface area contributed by atoms with Gasteiger partial charge in [0.25, 0.3) is 0 Å². The van der Waals surface area contributed by atoms with E-state index in [1.54, 1.807) is 0 Å². The van der Waals surface area contributed by atoms with E-state index in [1.165, 1.54) is 19.1 Å². The normalized spacial score (nSPS) is 14.0. The number of rotatable bonds is 2. The van der Waals surface area contributed by atoms with Crippen molar-refractivity contribution in [3.63, 3.8) is 0 Å². The van der Waals surface area contributed by atoms with Crippen molar-refractivity contribution in [3.8, 4) is 0 Å². The summed E-state index contributed by atoms with van der Waals surface area (Å²) in [5, 5.41) is 4.07. The van der Waals surface area contributed by atoms with E-state index in [0.717, 1.165) is 6.07 Å². The molecule has 0 saturated heterocycles. The number of primary sulfonamides is 1. The van der Waals surface area contributed by atoms with Crippen LogP contribution in [0.4, 0.5) is 4.39 Å². The van der Waals surface area contributed by atoms with Gasteiger partial charge in [0, 0.05) is 10.6 Å². The van der Waals surface area contributed by atoms with Crippen molar-refractivity contribution in [2.24, 2.45) is 5.14 Å². The van der Waals surface area contributed by atoms with Crippen LogP contribution >= 0.6 is 11.6 Å². The molecule has 1 rings (SSSR count). The molecule has 14 heavy (non-hydrogen) atoms. The number of halogens is 2. The van der Waals surface area contributed by atoms with Gasteiger partial charge in [-0.05, 0) is 25.1 Å². The summed E-state index contributed by atoms with van der Waals surface area (Å²) in [6, 6.07) is 3.71. The third-order valence-electron chi connectivity index (χ3n) is 1.89. The van der Waals surface area contributed by atoms with Gasteiger partial charge < -0.3 is 0 Å². The van der Waals surface area contributed by atoms with Crippen LogP contribution in [0.15, 0.2) is 18.2 Å². The maximum absolute atomic E-state index is 13.2. The Labute approximate surface area is 86.7 Å². The van der Waals surface area contributed by atoms with Crippen LogP contribution in [0.3, 0.4) is 0 Å². The molecule has 6 heteroatoms. The molecule has 0 radical (unpaired) electrons. The van der Waals surface area contributed by atoms with Crippen molar-refractivity contribution in [3.05, 3.63) is 34.6 Å². The van der Waals surface area contributed by atoms with Gasteiger partial charge in [0.05, 0.1) is 0 Å². The van der Waals surface area contributed by atoms with Gasteiger partial charge in [0.1, 0.15) is 11.1 Å². The van der Waals surface area contributed by atoms with Gasteiger partial charge in [0.2, 0.25) is 10.0 Å². The lowest BCUT2D eigenvalue weighted by atomic mass is 10.1. The molecule has 1 aromatic carbocycles. The van der Waals surface area contributed by atoms with Crippen molar-refractivity contribution in [1.82, 2.24) is 0 Å². The number of nitrogens with two attached hydrogens (primary N) is 1. The third kappa shape index (κ3) is 2.43. The molecule has 0 spiro atoms. The Morgan fingerprint density at radius 2 is 2.07 bits per heavy atom. The molecule has 0 aliphatic rings. The summed E-state index contributed by atoms with van der Waals surface area (Å²) in [5.41, 5.74) is -0.0139. The Kier molecular flexibility index (Phi) is 3.14. The first-order valence-electron chi connectivity index (χ1n) is 3.79. The van der Waals surface area contributed by atoms with Gasteiger partial charge in [-0.3, -0.25) is 0 Å². The third-order valence-corrected chi connectivity index (χ3v) is 3.36. The molecule has 0 fully saturated rings. The van der Waals surface area contributed by atoms with Crippen molar-refractivity contribution in [2.45, 2.75) is 12.2 Å². The molecule has 78 valence electrons. The van der Waals surface area contributed by atoms with Crippen molar-refractivity contribution >= 4 is 21.6 Å². The van der Waals surface area contributed by atoms with Gasteiger partial charge in [-0.25, -0.2) is 17.9 Å². The molecule has 0 heterocycles. The number of benzene rings is 1. The minimum absolute atomic E-state index is 0.0139. The lowest BCUT2D eigenvalue weighted by Gasteiger charge is -2.10. The van der Waals surface area contributed by atoms with Crippen LogP contribution in [0.2, 0.25) is 5.02 Å². The molecular formula is C8H9ClFNO2S. The van der Waals surface area contributed by atoms with Gasteiger partial charge in [-0.15, -0.1) is 0 Å². The molecule has 3 nitrogen and oxygen atoms in total. The molecule has 0 aliphatic heterocycles. The minimum Gasteiger partial charge on any atom is -0.228 e. The van der Waals surface area contributed by atoms with Crippen LogP contribution in [0.25, 0.3) is 0 Å². The molecule has 2 N–H and O–H groups in total. The average Bonchev–Trinajstić information content (AvgIpc) is 2.06. The van der Waals surface area contributed by atoms with Crippen molar-refractivity contribution in [1.29, 1.82) is 0 Å². The lowest BCUT2D eigenvalue weighted by Crippen LogP contribution is -2.20. The van der Waals surface area contributed by atoms with E-state index in [9.17, 15) is 12.8 Å². The van der Waals surface area contributed by atoms with Crippen molar-refractivity contribution in [2.75, 3.05) is 0 Å². The van der Waals surface area contributed by atoms with E-state index in [4.69, 9.17) is 16.7 Å². The fourth-order valence-corrected chi connectivity index (χ4v) is 1.72. The smallest absolute Gasteiger partial charge is 0.215 e. The fraction of sp³-hybridized carbons (Fsp3) is 0.250. The number of hydrogen-bond donors (Lipinski definition) is 1. The first-order valence-corrected chi connectivity index (χ1v) is 5.77. The Balaban J connectivity index is 3.26. The molecule has 1 aromatic rings. The highest BCUT2D eigenvalue weighted by atomic mass is 35.5. The summed E-state index contributed by atoms with van der Waals surface area (Å²) in [7, 11) is -3.79. The van der Waals surface area contributed by atoms with Crippen LogP contribution in [-0.2, 0) is 10.0 Å². The Morgan fingerprint density at radius 1 is 1.50 bits per heavy atom. The summed E-state index contributed by atoms with van der Waals surface area (Å²) >= 11 is 5.61.